The molecule has 0 amide bonds. The molecule has 1 fully saturated rings. The summed E-state index contributed by atoms with van der Waals surface area (Å²) < 4.78 is 27.2. The SMILES string of the molecule is Cc1sc(CO)cc1S(=O)(=O)NCC1CCCN1C. The number of likely N-dealkylation sites (tertiary alicyclic amines) is 1. The van der Waals surface area contributed by atoms with E-state index in [1.807, 2.05) is 7.05 Å². The first-order valence-corrected chi connectivity index (χ1v) is 8.64. The van der Waals surface area contributed by atoms with E-state index in [2.05, 4.69) is 9.62 Å². The molecule has 7 heteroatoms. The van der Waals surface area contributed by atoms with Gasteiger partial charge in [0.2, 0.25) is 10.0 Å². The van der Waals surface area contributed by atoms with Gasteiger partial charge in [-0.25, -0.2) is 13.1 Å². The number of hydrogen-bond acceptors (Lipinski definition) is 5. The molecule has 1 unspecified atom stereocenters. The molecule has 0 bridgehead atoms. The van der Waals surface area contributed by atoms with Crippen molar-refractivity contribution in [1.29, 1.82) is 0 Å². The first-order valence-electron chi connectivity index (χ1n) is 6.34. The largest absolute Gasteiger partial charge is 0.391 e. The van der Waals surface area contributed by atoms with Crippen molar-refractivity contribution in [1.82, 2.24) is 9.62 Å². The van der Waals surface area contributed by atoms with E-state index >= 15 is 0 Å². The van der Waals surface area contributed by atoms with Gasteiger partial charge in [0.15, 0.2) is 0 Å². The van der Waals surface area contributed by atoms with E-state index in [4.69, 9.17) is 5.11 Å². The third-order valence-electron chi connectivity index (χ3n) is 3.55. The maximum absolute atomic E-state index is 12.2. The van der Waals surface area contributed by atoms with Gasteiger partial charge in [0, 0.05) is 22.3 Å². The van der Waals surface area contributed by atoms with Gasteiger partial charge in [0.05, 0.1) is 11.5 Å². The summed E-state index contributed by atoms with van der Waals surface area (Å²) in [5.41, 5.74) is 0. The number of aliphatic hydroxyl groups excluding tert-OH is 1. The van der Waals surface area contributed by atoms with Crippen LogP contribution in [0.2, 0.25) is 0 Å². The van der Waals surface area contributed by atoms with Crippen molar-refractivity contribution in [3.05, 3.63) is 15.8 Å². The van der Waals surface area contributed by atoms with Crippen molar-refractivity contribution >= 4 is 21.4 Å². The maximum Gasteiger partial charge on any atom is 0.241 e. The third-order valence-corrected chi connectivity index (χ3v) is 6.26. The molecular weight excluding hydrogens is 284 g/mol. The number of aryl methyl sites for hydroxylation is 1. The predicted molar refractivity (Wildman–Crippen MR) is 75.8 cm³/mol. The lowest BCUT2D eigenvalue weighted by molar-refractivity contribution is 0.285. The summed E-state index contributed by atoms with van der Waals surface area (Å²) in [6.07, 6.45) is 2.15. The zero-order chi connectivity index (χ0) is 14.0. The maximum atomic E-state index is 12.2. The second kappa shape index (κ2) is 5.88. The lowest BCUT2D eigenvalue weighted by Crippen LogP contribution is -2.38. The van der Waals surface area contributed by atoms with Crippen LogP contribution in [0.1, 0.15) is 22.6 Å². The number of thiophene rings is 1. The van der Waals surface area contributed by atoms with E-state index in [9.17, 15) is 8.42 Å². The van der Waals surface area contributed by atoms with Crippen LogP contribution in [0, 0.1) is 6.92 Å². The molecule has 19 heavy (non-hydrogen) atoms. The molecule has 1 aromatic heterocycles. The molecule has 5 nitrogen and oxygen atoms in total. The van der Waals surface area contributed by atoms with Crippen molar-refractivity contribution in [3.63, 3.8) is 0 Å². The number of rotatable bonds is 5. The fourth-order valence-electron chi connectivity index (χ4n) is 2.39. The van der Waals surface area contributed by atoms with Crippen LogP contribution in [0.3, 0.4) is 0 Å². The molecular formula is C12H20N2O3S2. The molecule has 0 radical (unpaired) electrons. The van der Waals surface area contributed by atoms with Crippen LogP contribution in [-0.2, 0) is 16.6 Å². The Labute approximate surface area is 118 Å². The number of hydrogen-bond donors (Lipinski definition) is 2. The highest BCUT2D eigenvalue weighted by Crippen LogP contribution is 2.25. The Bertz CT molecular complexity index is 539. The van der Waals surface area contributed by atoms with Gasteiger partial charge in [0.1, 0.15) is 0 Å². The fourth-order valence-corrected chi connectivity index (χ4v) is 4.96. The number of nitrogens with one attached hydrogen (secondary N) is 1. The first kappa shape index (κ1) is 14.9. The second-order valence-electron chi connectivity index (χ2n) is 4.92. The van der Waals surface area contributed by atoms with Gasteiger partial charge in [-0.15, -0.1) is 11.3 Å². The molecule has 108 valence electrons. The van der Waals surface area contributed by atoms with Gasteiger partial charge in [-0.3, -0.25) is 0 Å². The summed E-state index contributed by atoms with van der Waals surface area (Å²) in [7, 11) is -1.45. The van der Waals surface area contributed by atoms with E-state index in [1.54, 1.807) is 13.0 Å². The standard InChI is InChI=1S/C12H20N2O3S2/c1-9-12(6-11(8-15)18-9)19(16,17)13-7-10-4-3-5-14(10)2/h6,10,13,15H,3-5,7-8H2,1-2H3. The van der Waals surface area contributed by atoms with Gasteiger partial charge in [-0.2, -0.15) is 0 Å². The van der Waals surface area contributed by atoms with Crippen molar-refractivity contribution < 1.29 is 13.5 Å². The topological polar surface area (TPSA) is 69.6 Å². The highest BCUT2D eigenvalue weighted by molar-refractivity contribution is 7.89. The molecule has 2 N–H and O–H groups in total. The molecule has 0 aromatic carbocycles. The summed E-state index contributed by atoms with van der Waals surface area (Å²) in [6.45, 7) is 3.12. The zero-order valence-corrected chi connectivity index (χ0v) is 12.9. The number of sulfonamides is 1. The van der Waals surface area contributed by atoms with E-state index in [0.717, 1.165) is 24.3 Å². The van der Waals surface area contributed by atoms with Crippen LogP contribution >= 0.6 is 11.3 Å². The van der Waals surface area contributed by atoms with Gasteiger partial charge in [-0.1, -0.05) is 0 Å². The van der Waals surface area contributed by atoms with Crippen LogP contribution in [0.4, 0.5) is 0 Å². The normalized spacial score (nSPS) is 21.1. The van der Waals surface area contributed by atoms with Gasteiger partial charge >= 0.3 is 0 Å². The summed E-state index contributed by atoms with van der Waals surface area (Å²) in [5.74, 6) is 0. The minimum Gasteiger partial charge on any atom is -0.391 e. The van der Waals surface area contributed by atoms with E-state index in [0.29, 0.717) is 16.3 Å². The van der Waals surface area contributed by atoms with Gasteiger partial charge in [0.25, 0.3) is 0 Å². The quantitative estimate of drug-likeness (QED) is 0.849. The van der Waals surface area contributed by atoms with Crippen LogP contribution in [0.15, 0.2) is 11.0 Å². The molecule has 0 spiro atoms. The Morgan fingerprint density at radius 3 is 2.84 bits per heavy atom. The van der Waals surface area contributed by atoms with Gasteiger partial charge in [-0.05, 0) is 39.4 Å². The highest BCUT2D eigenvalue weighted by Gasteiger charge is 2.25. The Morgan fingerprint density at radius 1 is 1.58 bits per heavy atom. The van der Waals surface area contributed by atoms with E-state index < -0.39 is 10.0 Å². The predicted octanol–water partition coefficient (Wildman–Crippen LogP) is 0.921. The second-order valence-corrected chi connectivity index (χ2v) is 8.00. The third kappa shape index (κ3) is 3.35. The molecule has 2 rings (SSSR count). The molecule has 1 aliphatic heterocycles. The van der Waals surface area contributed by atoms with E-state index in [-0.39, 0.29) is 12.6 Å². The minimum atomic E-state index is -3.47. The molecule has 1 aliphatic rings. The summed E-state index contributed by atoms with van der Waals surface area (Å²) in [5, 5.41) is 9.07. The molecule has 1 aromatic rings. The minimum absolute atomic E-state index is 0.119. The first-order chi connectivity index (χ1) is 8.94. The Morgan fingerprint density at radius 2 is 2.32 bits per heavy atom. The summed E-state index contributed by atoms with van der Waals surface area (Å²) >= 11 is 1.32. The van der Waals surface area contributed by atoms with Crippen molar-refractivity contribution in [3.8, 4) is 0 Å². The smallest absolute Gasteiger partial charge is 0.241 e. The summed E-state index contributed by atoms with van der Waals surface area (Å²) in [6, 6.07) is 1.84. The number of aliphatic hydroxyl groups is 1. The zero-order valence-electron chi connectivity index (χ0n) is 11.2. The van der Waals surface area contributed by atoms with Crippen LogP contribution < -0.4 is 4.72 Å². The van der Waals surface area contributed by atoms with Crippen molar-refractivity contribution in [2.24, 2.45) is 0 Å². The molecule has 1 saturated heterocycles. The highest BCUT2D eigenvalue weighted by atomic mass is 32.2. The van der Waals surface area contributed by atoms with Crippen LogP contribution in [0.5, 0.6) is 0 Å². The molecule has 1 atom stereocenters. The molecule has 2 heterocycles. The average molecular weight is 304 g/mol. The lowest BCUT2D eigenvalue weighted by Gasteiger charge is -2.19. The Balaban J connectivity index is 2.07. The number of likely N-dealkylation sites (N-methyl/N-ethyl adjacent to an activating group) is 1. The van der Waals surface area contributed by atoms with E-state index in [1.165, 1.54) is 11.3 Å². The lowest BCUT2D eigenvalue weighted by atomic mass is 10.2. The average Bonchev–Trinajstić information content (AvgIpc) is 2.93. The Hall–Kier alpha value is -0.470. The fraction of sp³-hybridized carbons (Fsp3) is 0.667. The molecule has 0 saturated carbocycles. The van der Waals surface area contributed by atoms with Gasteiger partial charge < -0.3 is 10.0 Å². The Kier molecular flexibility index (Phi) is 4.62. The van der Waals surface area contributed by atoms with Crippen LogP contribution in [-0.4, -0.2) is 44.6 Å². The monoisotopic (exact) mass is 304 g/mol. The van der Waals surface area contributed by atoms with Crippen LogP contribution in [0.25, 0.3) is 0 Å². The molecule has 0 aliphatic carbocycles. The van der Waals surface area contributed by atoms with Crippen molar-refractivity contribution in [2.75, 3.05) is 20.1 Å². The summed E-state index contributed by atoms with van der Waals surface area (Å²) in [4.78, 5) is 3.87. The van der Waals surface area contributed by atoms with Crippen molar-refractivity contribution in [2.45, 2.75) is 37.3 Å². The number of nitrogens with zero attached hydrogens (tertiary/aromatic N) is 1.